The first-order chi connectivity index (χ1) is 8.20. The molecule has 0 atom stereocenters. The van der Waals surface area contributed by atoms with Crippen LogP contribution in [0.5, 0.6) is 11.6 Å². The van der Waals surface area contributed by atoms with Crippen LogP contribution in [0.25, 0.3) is 0 Å². The van der Waals surface area contributed by atoms with E-state index in [0.29, 0.717) is 5.75 Å². The molecule has 2 rings (SSSR count). The third kappa shape index (κ3) is 2.40. The van der Waals surface area contributed by atoms with Crippen molar-refractivity contribution in [1.82, 2.24) is 9.97 Å². The lowest BCUT2D eigenvalue weighted by atomic mass is 10.1. The molecule has 0 amide bonds. The van der Waals surface area contributed by atoms with E-state index in [1.165, 1.54) is 18.0 Å². The maximum Gasteiger partial charge on any atom is 0.256 e. The van der Waals surface area contributed by atoms with Gasteiger partial charge in [-0.2, -0.15) is 5.26 Å². The molecular formula is C13H11N3O. The molecule has 4 nitrogen and oxygen atoms in total. The number of nitriles is 1. The van der Waals surface area contributed by atoms with Crippen molar-refractivity contribution in [1.29, 1.82) is 5.26 Å². The van der Waals surface area contributed by atoms with E-state index in [1.54, 1.807) is 0 Å². The second kappa shape index (κ2) is 4.62. The van der Waals surface area contributed by atoms with Crippen LogP contribution in [0.15, 0.2) is 30.6 Å². The molecule has 0 bridgehead atoms. The summed E-state index contributed by atoms with van der Waals surface area (Å²) in [5, 5.41) is 8.86. The van der Waals surface area contributed by atoms with Gasteiger partial charge in [0.25, 0.3) is 5.88 Å². The highest BCUT2D eigenvalue weighted by Gasteiger charge is 2.07. The van der Waals surface area contributed by atoms with Gasteiger partial charge in [-0.05, 0) is 37.1 Å². The van der Waals surface area contributed by atoms with Crippen molar-refractivity contribution in [3.8, 4) is 17.7 Å². The van der Waals surface area contributed by atoms with E-state index < -0.39 is 0 Å². The third-order valence-electron chi connectivity index (χ3n) is 2.46. The van der Waals surface area contributed by atoms with Crippen molar-refractivity contribution in [3.05, 3.63) is 47.4 Å². The molecule has 84 valence electrons. The molecule has 2 aromatic rings. The van der Waals surface area contributed by atoms with Crippen molar-refractivity contribution in [2.24, 2.45) is 0 Å². The van der Waals surface area contributed by atoms with Gasteiger partial charge in [0.2, 0.25) is 5.69 Å². The van der Waals surface area contributed by atoms with Crippen LogP contribution in [0.4, 0.5) is 0 Å². The number of rotatable bonds is 2. The summed E-state index contributed by atoms with van der Waals surface area (Å²) < 4.78 is 5.54. The normalized spacial score (nSPS) is 9.71. The standard InChI is InChI=1S/C13H11N3O/c1-9-3-4-11(7-10(9)2)17-13-12(8-14)15-5-6-16-13/h3-7H,1-2H3. The zero-order valence-electron chi connectivity index (χ0n) is 9.64. The number of aromatic nitrogens is 2. The molecule has 0 fully saturated rings. The van der Waals surface area contributed by atoms with Gasteiger partial charge in [0.1, 0.15) is 11.8 Å². The van der Waals surface area contributed by atoms with Gasteiger partial charge in [-0.15, -0.1) is 0 Å². The van der Waals surface area contributed by atoms with E-state index in [0.717, 1.165) is 5.56 Å². The smallest absolute Gasteiger partial charge is 0.256 e. The Balaban J connectivity index is 2.32. The van der Waals surface area contributed by atoms with Gasteiger partial charge in [0.15, 0.2) is 0 Å². The zero-order chi connectivity index (χ0) is 12.3. The first-order valence-electron chi connectivity index (χ1n) is 5.17. The van der Waals surface area contributed by atoms with Gasteiger partial charge in [0.05, 0.1) is 0 Å². The molecule has 0 spiro atoms. The molecule has 0 aliphatic rings. The van der Waals surface area contributed by atoms with E-state index in [4.69, 9.17) is 10.00 Å². The molecule has 1 heterocycles. The Hall–Kier alpha value is -2.41. The largest absolute Gasteiger partial charge is 0.436 e. The Kier molecular flexibility index (Phi) is 3.01. The number of benzene rings is 1. The minimum absolute atomic E-state index is 0.186. The maximum atomic E-state index is 8.86. The van der Waals surface area contributed by atoms with Gasteiger partial charge in [0, 0.05) is 12.4 Å². The van der Waals surface area contributed by atoms with Crippen molar-refractivity contribution < 1.29 is 4.74 Å². The second-order valence-electron chi connectivity index (χ2n) is 3.67. The highest BCUT2D eigenvalue weighted by Crippen LogP contribution is 2.23. The number of ether oxygens (including phenoxy) is 1. The average Bonchev–Trinajstić information content (AvgIpc) is 2.34. The van der Waals surface area contributed by atoms with Crippen molar-refractivity contribution in [3.63, 3.8) is 0 Å². The number of hydrogen-bond donors (Lipinski definition) is 0. The van der Waals surface area contributed by atoms with Crippen LogP contribution >= 0.6 is 0 Å². The number of nitrogens with zero attached hydrogens (tertiary/aromatic N) is 3. The Bertz CT molecular complexity index is 587. The lowest BCUT2D eigenvalue weighted by molar-refractivity contribution is 0.457. The van der Waals surface area contributed by atoms with E-state index >= 15 is 0 Å². The van der Waals surface area contributed by atoms with E-state index in [2.05, 4.69) is 9.97 Å². The summed E-state index contributed by atoms with van der Waals surface area (Å²) in [6.45, 7) is 4.03. The molecule has 0 N–H and O–H groups in total. The lowest BCUT2D eigenvalue weighted by Crippen LogP contribution is -1.94. The van der Waals surface area contributed by atoms with E-state index in [-0.39, 0.29) is 11.6 Å². The van der Waals surface area contributed by atoms with Crippen LogP contribution in [0.1, 0.15) is 16.8 Å². The quantitative estimate of drug-likeness (QED) is 0.788. The molecule has 0 radical (unpaired) electrons. The molecule has 0 aliphatic carbocycles. The minimum atomic E-state index is 0.186. The average molecular weight is 225 g/mol. The maximum absolute atomic E-state index is 8.86. The van der Waals surface area contributed by atoms with Crippen molar-refractivity contribution >= 4 is 0 Å². The second-order valence-corrected chi connectivity index (χ2v) is 3.67. The monoisotopic (exact) mass is 225 g/mol. The molecule has 17 heavy (non-hydrogen) atoms. The summed E-state index contributed by atoms with van der Waals surface area (Å²) in [4.78, 5) is 7.87. The summed E-state index contributed by atoms with van der Waals surface area (Å²) in [5.74, 6) is 0.892. The van der Waals surface area contributed by atoms with Gasteiger partial charge < -0.3 is 4.74 Å². The fourth-order valence-electron chi connectivity index (χ4n) is 1.37. The van der Waals surface area contributed by atoms with Gasteiger partial charge in [-0.25, -0.2) is 9.97 Å². The molecule has 4 heteroatoms. The predicted octanol–water partition coefficient (Wildman–Crippen LogP) is 2.76. The molecular weight excluding hydrogens is 214 g/mol. The van der Waals surface area contributed by atoms with Crippen LogP contribution in [0.3, 0.4) is 0 Å². The summed E-state index contributed by atoms with van der Waals surface area (Å²) >= 11 is 0. The fraction of sp³-hybridized carbons (Fsp3) is 0.154. The van der Waals surface area contributed by atoms with Gasteiger partial charge >= 0.3 is 0 Å². The first kappa shape index (κ1) is 11.1. The molecule has 1 aromatic carbocycles. The van der Waals surface area contributed by atoms with E-state index in [9.17, 15) is 0 Å². The Morgan fingerprint density at radius 1 is 1.12 bits per heavy atom. The first-order valence-corrected chi connectivity index (χ1v) is 5.17. The van der Waals surface area contributed by atoms with Crippen LogP contribution < -0.4 is 4.74 Å². The molecule has 0 aliphatic heterocycles. The summed E-state index contributed by atoms with van der Waals surface area (Å²) in [5.41, 5.74) is 2.51. The summed E-state index contributed by atoms with van der Waals surface area (Å²) in [6.07, 6.45) is 2.96. The zero-order valence-corrected chi connectivity index (χ0v) is 9.64. The van der Waals surface area contributed by atoms with Crippen LogP contribution in [-0.4, -0.2) is 9.97 Å². The molecule has 0 unspecified atom stereocenters. The highest BCUT2D eigenvalue weighted by molar-refractivity contribution is 5.38. The summed E-state index contributed by atoms with van der Waals surface area (Å²) in [7, 11) is 0. The van der Waals surface area contributed by atoms with Gasteiger partial charge in [-0.1, -0.05) is 6.07 Å². The minimum Gasteiger partial charge on any atom is -0.436 e. The van der Waals surface area contributed by atoms with Crippen LogP contribution in [0.2, 0.25) is 0 Å². The summed E-state index contributed by atoms with van der Waals surface area (Å²) in [6, 6.07) is 7.66. The molecule has 0 saturated carbocycles. The lowest BCUT2D eigenvalue weighted by Gasteiger charge is -2.07. The van der Waals surface area contributed by atoms with E-state index in [1.807, 2.05) is 38.1 Å². The highest BCUT2D eigenvalue weighted by atomic mass is 16.5. The molecule has 1 aromatic heterocycles. The Labute approximate surface area is 99.5 Å². The predicted molar refractivity (Wildman–Crippen MR) is 62.7 cm³/mol. The topological polar surface area (TPSA) is 58.8 Å². The fourth-order valence-corrected chi connectivity index (χ4v) is 1.37. The van der Waals surface area contributed by atoms with Crippen LogP contribution in [-0.2, 0) is 0 Å². The number of aryl methyl sites for hydroxylation is 2. The van der Waals surface area contributed by atoms with Crippen molar-refractivity contribution in [2.45, 2.75) is 13.8 Å². The number of hydrogen-bond acceptors (Lipinski definition) is 4. The van der Waals surface area contributed by atoms with Crippen LogP contribution in [0, 0.1) is 25.2 Å². The molecule has 0 saturated heterocycles. The SMILES string of the molecule is Cc1ccc(Oc2nccnc2C#N)cc1C. The Morgan fingerprint density at radius 3 is 2.59 bits per heavy atom. The Morgan fingerprint density at radius 2 is 1.88 bits per heavy atom. The van der Waals surface area contributed by atoms with Gasteiger partial charge in [-0.3, -0.25) is 0 Å². The van der Waals surface area contributed by atoms with Crippen molar-refractivity contribution in [2.75, 3.05) is 0 Å². The third-order valence-corrected chi connectivity index (χ3v) is 2.46.